The molecular formula is C5H3N4NaO2Rh. The monoisotopic (exact) mass is 277 g/mol. The van der Waals surface area contributed by atoms with Crippen LogP contribution in [0.3, 0.4) is 0 Å². The van der Waals surface area contributed by atoms with E-state index in [0.29, 0.717) is 0 Å². The maximum absolute atomic E-state index is 10.9. The Morgan fingerprint density at radius 2 is 1.92 bits per heavy atom. The van der Waals surface area contributed by atoms with Crippen molar-refractivity contribution in [3.05, 3.63) is 27.2 Å². The number of aromatic nitrogens is 4. The van der Waals surface area contributed by atoms with Crippen molar-refractivity contribution < 1.29 is 49.0 Å². The number of hydrogen-bond donors (Lipinski definition) is 3. The molecule has 0 unspecified atom stereocenters. The van der Waals surface area contributed by atoms with E-state index in [9.17, 15) is 9.59 Å². The van der Waals surface area contributed by atoms with Gasteiger partial charge in [0.15, 0.2) is 0 Å². The van der Waals surface area contributed by atoms with Crippen LogP contribution in [0.15, 0.2) is 9.59 Å². The zero-order chi connectivity index (χ0) is 7.84. The molecule has 0 aliphatic carbocycles. The van der Waals surface area contributed by atoms with Gasteiger partial charge >= 0.3 is 35.2 Å². The third-order valence-corrected chi connectivity index (χ3v) is 1.27. The van der Waals surface area contributed by atoms with Crippen molar-refractivity contribution in [1.29, 1.82) is 0 Å². The number of nitrogens with zero attached hydrogens (tertiary/aromatic N) is 1. The summed E-state index contributed by atoms with van der Waals surface area (Å²) in [6, 6.07) is 0. The summed E-state index contributed by atoms with van der Waals surface area (Å²) in [6.45, 7) is 0. The normalized spacial score (nSPS) is 8.92. The first-order valence-corrected chi connectivity index (χ1v) is 2.86. The Morgan fingerprint density at radius 1 is 1.23 bits per heavy atom. The maximum atomic E-state index is 10.9. The standard InChI is InChI=1S/C5H3N4O2.Na.Rh/c10-4-2-3(7-1-6-2)8-5(11)9-4;;/h(H3,6,7,8,9,10,11);;/q-1;+1;. The molecule has 6 nitrogen and oxygen atoms in total. The molecule has 2 aromatic heterocycles. The predicted molar refractivity (Wildman–Crippen MR) is 36.2 cm³/mol. The summed E-state index contributed by atoms with van der Waals surface area (Å²) in [7, 11) is 0. The van der Waals surface area contributed by atoms with Crippen molar-refractivity contribution in [1.82, 2.24) is 19.9 Å². The van der Waals surface area contributed by atoms with Crippen LogP contribution in [-0.4, -0.2) is 19.9 Å². The molecule has 2 heterocycles. The molecule has 0 fully saturated rings. The van der Waals surface area contributed by atoms with E-state index in [1.165, 1.54) is 0 Å². The fourth-order valence-electron chi connectivity index (χ4n) is 0.814. The van der Waals surface area contributed by atoms with Crippen molar-refractivity contribution in [3.63, 3.8) is 0 Å². The second kappa shape index (κ2) is 4.86. The van der Waals surface area contributed by atoms with E-state index in [2.05, 4.69) is 21.3 Å². The van der Waals surface area contributed by atoms with E-state index < -0.39 is 11.2 Å². The van der Waals surface area contributed by atoms with Crippen LogP contribution in [0, 0.1) is 6.33 Å². The van der Waals surface area contributed by atoms with Crippen molar-refractivity contribution in [3.8, 4) is 0 Å². The van der Waals surface area contributed by atoms with Crippen LogP contribution in [-0.2, 0) is 19.5 Å². The van der Waals surface area contributed by atoms with Crippen molar-refractivity contribution in [2.45, 2.75) is 0 Å². The van der Waals surface area contributed by atoms with Gasteiger partial charge in [-0.15, -0.1) is 0 Å². The van der Waals surface area contributed by atoms with Crippen molar-refractivity contribution in [2.24, 2.45) is 0 Å². The molecule has 0 aliphatic rings. The van der Waals surface area contributed by atoms with Crippen LogP contribution in [0.1, 0.15) is 0 Å². The molecule has 2 rings (SSSR count). The molecule has 3 N–H and O–H groups in total. The number of H-pyrrole nitrogens is 3. The Bertz CT molecular complexity index is 501. The summed E-state index contributed by atoms with van der Waals surface area (Å²) in [5.41, 5.74) is -0.608. The molecule has 1 radical (unpaired) electrons. The number of aromatic amines is 3. The van der Waals surface area contributed by atoms with Gasteiger partial charge in [-0.05, 0) is 5.52 Å². The third-order valence-electron chi connectivity index (χ3n) is 1.27. The molecule has 0 aliphatic heterocycles. The number of nitrogens with one attached hydrogen (secondary N) is 3. The Morgan fingerprint density at radius 3 is 2.62 bits per heavy atom. The molecule has 13 heavy (non-hydrogen) atoms. The van der Waals surface area contributed by atoms with Crippen molar-refractivity contribution >= 4 is 11.2 Å². The second-order valence-corrected chi connectivity index (χ2v) is 1.98. The average molecular weight is 277 g/mol. The van der Waals surface area contributed by atoms with Gasteiger partial charge in [0, 0.05) is 31.5 Å². The Labute approximate surface area is 107 Å². The molecule has 2 aromatic rings. The molecule has 0 spiro atoms. The van der Waals surface area contributed by atoms with Crippen LogP contribution in [0.4, 0.5) is 0 Å². The average Bonchev–Trinajstić information content (AvgIpc) is 2.34. The SMILES string of the molecule is O=c1[nH]c(=O)c2[nH][c-]nc2[nH]1.[Na+].[Rh]. The molecule has 8 heteroatoms. The number of hydrogen-bond acceptors (Lipinski definition) is 3. The number of imidazole rings is 1. The second-order valence-electron chi connectivity index (χ2n) is 1.98. The van der Waals surface area contributed by atoms with Crippen LogP contribution >= 0.6 is 0 Å². The van der Waals surface area contributed by atoms with Crippen LogP contribution in [0.25, 0.3) is 11.2 Å². The zero-order valence-electron chi connectivity index (χ0n) is 6.60. The van der Waals surface area contributed by atoms with E-state index >= 15 is 0 Å². The topological polar surface area (TPSA) is 94.4 Å². The van der Waals surface area contributed by atoms with Gasteiger partial charge in [0.2, 0.25) is 5.56 Å². The first-order chi connectivity index (χ1) is 5.27. The fourth-order valence-corrected chi connectivity index (χ4v) is 0.814. The van der Waals surface area contributed by atoms with Gasteiger partial charge in [0.05, 0.1) is 0 Å². The quantitative estimate of drug-likeness (QED) is 0.336. The Balaban J connectivity index is 0.000000720. The van der Waals surface area contributed by atoms with Gasteiger partial charge in [0.1, 0.15) is 0 Å². The summed E-state index contributed by atoms with van der Waals surface area (Å²) >= 11 is 0. The Hall–Kier alpha value is -0.227. The minimum atomic E-state index is -0.567. The molecule has 0 saturated heterocycles. The summed E-state index contributed by atoms with van der Waals surface area (Å²) < 4.78 is 0. The van der Waals surface area contributed by atoms with Gasteiger partial charge in [0.25, 0.3) is 0 Å². The molecule has 65 valence electrons. The summed E-state index contributed by atoms with van der Waals surface area (Å²) in [6.07, 6.45) is 2.34. The largest absolute Gasteiger partial charge is 1.00 e. The minimum Gasteiger partial charge on any atom is -0.455 e. The van der Waals surface area contributed by atoms with Gasteiger partial charge in [-0.2, -0.15) is 0 Å². The van der Waals surface area contributed by atoms with Gasteiger partial charge in [-0.3, -0.25) is 9.78 Å². The predicted octanol–water partition coefficient (Wildman–Crippen LogP) is -4.26. The van der Waals surface area contributed by atoms with E-state index in [1.54, 1.807) is 0 Å². The molecule has 0 aromatic carbocycles. The first kappa shape index (κ1) is 12.8. The van der Waals surface area contributed by atoms with Crippen LogP contribution in [0.5, 0.6) is 0 Å². The fraction of sp³-hybridized carbons (Fsp3) is 0. The third kappa shape index (κ3) is 2.37. The van der Waals surface area contributed by atoms with Crippen LogP contribution < -0.4 is 40.8 Å². The van der Waals surface area contributed by atoms with Gasteiger partial charge < -0.3 is 15.0 Å². The number of fused-ring (bicyclic) bond motifs is 1. The smallest absolute Gasteiger partial charge is 0.455 e. The minimum absolute atomic E-state index is 0. The molecule has 0 amide bonds. The maximum Gasteiger partial charge on any atom is 1.00 e. The van der Waals surface area contributed by atoms with E-state index in [4.69, 9.17) is 0 Å². The van der Waals surface area contributed by atoms with E-state index in [-0.39, 0.29) is 60.2 Å². The molecule has 0 bridgehead atoms. The summed E-state index contributed by atoms with van der Waals surface area (Å²) in [5, 5.41) is 0. The van der Waals surface area contributed by atoms with Gasteiger partial charge in [-0.25, -0.2) is 4.79 Å². The van der Waals surface area contributed by atoms with Crippen LogP contribution in [0.2, 0.25) is 0 Å². The molecule has 0 saturated carbocycles. The zero-order valence-corrected chi connectivity index (χ0v) is 10.2. The van der Waals surface area contributed by atoms with E-state index in [1.807, 2.05) is 4.98 Å². The van der Waals surface area contributed by atoms with Gasteiger partial charge in [-0.1, -0.05) is 0 Å². The number of rotatable bonds is 0. The molecule has 0 atom stereocenters. The van der Waals surface area contributed by atoms with E-state index in [0.717, 1.165) is 0 Å². The molecular weight excluding hydrogens is 274 g/mol. The summed E-state index contributed by atoms with van der Waals surface area (Å²) in [4.78, 5) is 31.9. The van der Waals surface area contributed by atoms with Crippen molar-refractivity contribution in [2.75, 3.05) is 0 Å². The first-order valence-electron chi connectivity index (χ1n) is 2.86. The Kier molecular flexibility index (Phi) is 4.77. The summed E-state index contributed by atoms with van der Waals surface area (Å²) in [5.74, 6) is 0.